The highest BCUT2D eigenvalue weighted by atomic mass is 14.9. The number of hydrogen-bond donors (Lipinski definition) is 3. The molecule has 1 unspecified atom stereocenters. The Morgan fingerprint density at radius 3 is 2.96 bits per heavy atom. The molecule has 0 spiro atoms. The molecule has 2 aromatic carbocycles. The molecule has 1 aliphatic rings. The Morgan fingerprint density at radius 1 is 1.13 bits per heavy atom. The van der Waals surface area contributed by atoms with Crippen molar-refractivity contribution in [1.82, 2.24) is 10.3 Å². The van der Waals surface area contributed by atoms with E-state index in [1.807, 2.05) is 6.07 Å². The largest absolute Gasteiger partial charge is 0.398 e. The van der Waals surface area contributed by atoms with Crippen molar-refractivity contribution in [3.8, 4) is 0 Å². The summed E-state index contributed by atoms with van der Waals surface area (Å²) in [5, 5.41) is 5.01. The van der Waals surface area contributed by atoms with Gasteiger partial charge in [-0.15, -0.1) is 0 Å². The van der Waals surface area contributed by atoms with Crippen LogP contribution in [-0.2, 0) is 19.3 Å². The summed E-state index contributed by atoms with van der Waals surface area (Å²) in [6.07, 6.45) is 4.39. The van der Waals surface area contributed by atoms with Gasteiger partial charge in [0.2, 0.25) is 0 Å². The highest BCUT2D eigenvalue weighted by Gasteiger charge is 2.19. The van der Waals surface area contributed by atoms with Gasteiger partial charge in [0, 0.05) is 29.5 Å². The van der Waals surface area contributed by atoms with Crippen molar-refractivity contribution in [2.24, 2.45) is 0 Å². The van der Waals surface area contributed by atoms with Gasteiger partial charge in [0.25, 0.3) is 0 Å². The Labute approximate surface area is 136 Å². The molecule has 4 rings (SSSR count). The van der Waals surface area contributed by atoms with Crippen LogP contribution in [0.3, 0.4) is 0 Å². The molecule has 1 heterocycles. The van der Waals surface area contributed by atoms with E-state index in [9.17, 15) is 0 Å². The van der Waals surface area contributed by atoms with E-state index in [4.69, 9.17) is 5.73 Å². The molecule has 3 aromatic rings. The summed E-state index contributed by atoms with van der Waals surface area (Å²) < 4.78 is 0. The monoisotopic (exact) mass is 305 g/mol. The number of rotatable bonds is 4. The number of nitrogens with one attached hydrogen (secondary N) is 2. The summed E-state index contributed by atoms with van der Waals surface area (Å²) in [5.74, 6) is 0. The van der Waals surface area contributed by atoms with E-state index in [1.54, 1.807) is 0 Å². The molecule has 0 fully saturated rings. The van der Waals surface area contributed by atoms with E-state index in [-0.39, 0.29) is 0 Å². The van der Waals surface area contributed by atoms with Gasteiger partial charge < -0.3 is 16.0 Å². The Hall–Kier alpha value is -2.26. The number of fused-ring (bicyclic) bond motifs is 2. The van der Waals surface area contributed by atoms with Crippen LogP contribution in [0.2, 0.25) is 0 Å². The first-order chi connectivity index (χ1) is 11.3. The number of H-pyrrole nitrogens is 1. The van der Waals surface area contributed by atoms with Crippen LogP contribution in [-0.4, -0.2) is 17.6 Å². The van der Waals surface area contributed by atoms with E-state index in [2.05, 4.69) is 52.8 Å². The van der Waals surface area contributed by atoms with Crippen molar-refractivity contribution < 1.29 is 0 Å². The van der Waals surface area contributed by atoms with Crippen LogP contribution in [0.5, 0.6) is 0 Å². The first-order valence-electron chi connectivity index (χ1n) is 8.46. The Kier molecular flexibility index (Phi) is 3.80. The minimum Gasteiger partial charge on any atom is -0.398 e. The van der Waals surface area contributed by atoms with Crippen molar-refractivity contribution >= 4 is 16.6 Å². The zero-order valence-electron chi connectivity index (χ0n) is 13.3. The lowest BCUT2D eigenvalue weighted by atomic mass is 9.87. The molecular weight excluding hydrogens is 282 g/mol. The first-order valence-corrected chi connectivity index (χ1v) is 8.46. The Morgan fingerprint density at radius 2 is 2.04 bits per heavy atom. The topological polar surface area (TPSA) is 53.8 Å². The van der Waals surface area contributed by atoms with Crippen LogP contribution >= 0.6 is 0 Å². The highest BCUT2D eigenvalue weighted by Crippen LogP contribution is 2.26. The zero-order valence-corrected chi connectivity index (χ0v) is 13.3. The van der Waals surface area contributed by atoms with Gasteiger partial charge in [0.15, 0.2) is 0 Å². The molecular formula is C20H23N3. The van der Waals surface area contributed by atoms with Gasteiger partial charge in [0.1, 0.15) is 0 Å². The fourth-order valence-electron chi connectivity index (χ4n) is 3.69. The van der Waals surface area contributed by atoms with Crippen LogP contribution in [0.4, 0.5) is 5.69 Å². The quantitative estimate of drug-likeness (QED) is 0.647. The molecule has 0 saturated carbocycles. The van der Waals surface area contributed by atoms with Crippen LogP contribution in [0, 0.1) is 0 Å². The number of benzene rings is 2. The minimum absolute atomic E-state index is 0.564. The molecule has 3 heteroatoms. The summed E-state index contributed by atoms with van der Waals surface area (Å²) in [5.41, 5.74) is 12.3. The number of aromatic amines is 1. The molecule has 0 radical (unpaired) electrons. The summed E-state index contributed by atoms with van der Waals surface area (Å²) >= 11 is 0. The van der Waals surface area contributed by atoms with Crippen molar-refractivity contribution in [3.05, 3.63) is 65.4 Å². The molecule has 1 atom stereocenters. The third kappa shape index (κ3) is 2.97. The standard InChI is InChI=1S/C20H23N3/c21-19-6-3-5-14-12-16(8-9-18(14)19)22-11-10-17-13-15-4-1-2-7-20(15)23-17/h1-7,13,16,22-23H,8-12,21H2. The summed E-state index contributed by atoms with van der Waals surface area (Å²) in [7, 11) is 0. The van der Waals surface area contributed by atoms with E-state index in [0.29, 0.717) is 6.04 Å². The molecule has 1 aromatic heterocycles. The molecule has 0 bridgehead atoms. The predicted molar refractivity (Wildman–Crippen MR) is 96.7 cm³/mol. The van der Waals surface area contributed by atoms with Crippen molar-refractivity contribution in [2.45, 2.75) is 31.7 Å². The Bertz CT molecular complexity index is 786. The summed E-state index contributed by atoms with van der Waals surface area (Å²) in [4.78, 5) is 3.50. The van der Waals surface area contributed by atoms with Crippen molar-refractivity contribution in [3.63, 3.8) is 0 Å². The van der Waals surface area contributed by atoms with Crippen molar-refractivity contribution in [1.29, 1.82) is 0 Å². The highest BCUT2D eigenvalue weighted by molar-refractivity contribution is 5.80. The van der Waals surface area contributed by atoms with Gasteiger partial charge in [-0.05, 0) is 60.4 Å². The lowest BCUT2D eigenvalue weighted by Crippen LogP contribution is -2.36. The molecule has 3 nitrogen and oxygen atoms in total. The summed E-state index contributed by atoms with van der Waals surface area (Å²) in [6.45, 7) is 1.01. The lowest BCUT2D eigenvalue weighted by Gasteiger charge is -2.26. The third-order valence-electron chi connectivity index (χ3n) is 4.93. The lowest BCUT2D eigenvalue weighted by molar-refractivity contribution is 0.461. The van der Waals surface area contributed by atoms with E-state index in [1.165, 1.54) is 34.1 Å². The van der Waals surface area contributed by atoms with Crippen LogP contribution < -0.4 is 11.1 Å². The Balaban J connectivity index is 1.35. The predicted octanol–water partition coefficient (Wildman–Crippen LogP) is 3.44. The van der Waals surface area contributed by atoms with Crippen LogP contribution in [0.1, 0.15) is 23.2 Å². The van der Waals surface area contributed by atoms with Gasteiger partial charge in [-0.2, -0.15) is 0 Å². The second-order valence-corrected chi connectivity index (χ2v) is 6.51. The van der Waals surface area contributed by atoms with Gasteiger partial charge in [0.05, 0.1) is 0 Å². The van der Waals surface area contributed by atoms with Crippen molar-refractivity contribution in [2.75, 3.05) is 12.3 Å². The second-order valence-electron chi connectivity index (χ2n) is 6.51. The second kappa shape index (κ2) is 6.09. The molecule has 0 amide bonds. The molecule has 23 heavy (non-hydrogen) atoms. The van der Waals surface area contributed by atoms with Gasteiger partial charge >= 0.3 is 0 Å². The molecule has 1 aliphatic carbocycles. The number of aromatic nitrogens is 1. The average Bonchev–Trinajstić information content (AvgIpc) is 2.98. The molecule has 4 N–H and O–H groups in total. The molecule has 0 saturated heterocycles. The zero-order chi connectivity index (χ0) is 15.6. The number of hydrogen-bond acceptors (Lipinski definition) is 2. The normalized spacial score (nSPS) is 17.3. The number of nitrogens with two attached hydrogens (primary N) is 1. The van der Waals surface area contributed by atoms with E-state index >= 15 is 0 Å². The van der Waals surface area contributed by atoms with Crippen LogP contribution in [0.15, 0.2) is 48.5 Å². The minimum atomic E-state index is 0.564. The first kappa shape index (κ1) is 14.3. The van der Waals surface area contributed by atoms with Crippen LogP contribution in [0.25, 0.3) is 10.9 Å². The summed E-state index contributed by atoms with van der Waals surface area (Å²) in [6, 6.07) is 17.6. The van der Waals surface area contributed by atoms with Gasteiger partial charge in [-0.1, -0.05) is 30.3 Å². The van der Waals surface area contributed by atoms with Gasteiger partial charge in [-0.3, -0.25) is 0 Å². The number of anilines is 1. The fourth-order valence-corrected chi connectivity index (χ4v) is 3.69. The smallest absolute Gasteiger partial charge is 0.0456 e. The van der Waals surface area contributed by atoms with E-state index < -0.39 is 0 Å². The van der Waals surface area contributed by atoms with E-state index in [0.717, 1.165) is 31.5 Å². The average molecular weight is 305 g/mol. The maximum absolute atomic E-state index is 6.08. The maximum atomic E-state index is 6.08. The number of nitrogen functional groups attached to an aromatic ring is 1. The fraction of sp³-hybridized carbons (Fsp3) is 0.300. The SMILES string of the molecule is Nc1cccc2c1CCC(NCCc1cc3ccccc3[nH]1)C2. The third-order valence-corrected chi connectivity index (χ3v) is 4.93. The maximum Gasteiger partial charge on any atom is 0.0456 e. The molecule has 118 valence electrons. The number of para-hydroxylation sites is 1. The molecule has 0 aliphatic heterocycles. The van der Waals surface area contributed by atoms with Gasteiger partial charge in [-0.25, -0.2) is 0 Å².